The van der Waals surface area contributed by atoms with Crippen molar-refractivity contribution >= 4 is 50.8 Å². The first kappa shape index (κ1) is 37.7. The SMILES string of the molecule is CC(C)(C)OC(=O)N[C@H]1CN(C2CC2)CCCC=C[C@@H]2C[C@@]2(C(=O)NS(=O)(=O)C2CC2)NC(=O)[C@@H]2C[C@@H](OC(=O)c3ccc4nccnc4c3)CN2C1=O. The number of fused-ring (bicyclic) bond motifs is 3. The summed E-state index contributed by atoms with van der Waals surface area (Å²) >= 11 is 0. The number of hydrogen-bond donors (Lipinski definition) is 3. The summed E-state index contributed by atoms with van der Waals surface area (Å²) in [6, 6.07) is 2.61. The maximum atomic E-state index is 14.6. The van der Waals surface area contributed by atoms with Crippen LogP contribution in [0.4, 0.5) is 4.79 Å². The molecule has 0 spiro atoms. The van der Waals surface area contributed by atoms with Crippen LogP contribution in [0.25, 0.3) is 11.0 Å². The van der Waals surface area contributed by atoms with Crippen molar-refractivity contribution in [2.75, 3.05) is 19.6 Å². The van der Waals surface area contributed by atoms with E-state index in [9.17, 15) is 32.4 Å². The lowest BCUT2D eigenvalue weighted by atomic mass is 10.1. The van der Waals surface area contributed by atoms with Gasteiger partial charge in [0.25, 0.3) is 5.91 Å². The highest BCUT2D eigenvalue weighted by atomic mass is 32.2. The van der Waals surface area contributed by atoms with Gasteiger partial charge in [-0.05, 0) is 90.5 Å². The zero-order valence-corrected chi connectivity index (χ0v) is 31.5. The molecule has 290 valence electrons. The molecule has 16 nitrogen and oxygen atoms in total. The molecule has 0 unspecified atom stereocenters. The number of carbonyl (C=O) groups is 5. The van der Waals surface area contributed by atoms with Crippen molar-refractivity contribution in [3.8, 4) is 0 Å². The molecule has 7 rings (SSSR count). The fourth-order valence-electron chi connectivity index (χ4n) is 7.26. The number of aromatic nitrogens is 2. The van der Waals surface area contributed by atoms with Crippen molar-refractivity contribution < 1.29 is 41.9 Å². The summed E-state index contributed by atoms with van der Waals surface area (Å²) in [6.07, 6.45) is 9.30. The van der Waals surface area contributed by atoms with Crippen LogP contribution in [0.15, 0.2) is 42.7 Å². The molecule has 3 N–H and O–H groups in total. The van der Waals surface area contributed by atoms with Crippen molar-refractivity contribution in [1.29, 1.82) is 0 Å². The summed E-state index contributed by atoms with van der Waals surface area (Å²) in [5.41, 5.74) is -1.13. The molecule has 1 saturated heterocycles. The van der Waals surface area contributed by atoms with E-state index in [1.165, 1.54) is 17.3 Å². The number of sulfonamides is 1. The minimum absolute atomic E-state index is 0.110. The van der Waals surface area contributed by atoms with E-state index in [0.717, 1.165) is 19.3 Å². The minimum atomic E-state index is -3.92. The van der Waals surface area contributed by atoms with Gasteiger partial charge in [-0.25, -0.2) is 18.0 Å². The number of benzene rings is 1. The van der Waals surface area contributed by atoms with E-state index < -0.39 is 80.3 Å². The molecule has 3 saturated carbocycles. The van der Waals surface area contributed by atoms with E-state index in [0.29, 0.717) is 36.8 Å². The van der Waals surface area contributed by atoms with Crippen molar-refractivity contribution in [2.24, 2.45) is 5.92 Å². The molecule has 4 amide bonds. The number of esters is 1. The van der Waals surface area contributed by atoms with Gasteiger partial charge in [-0.15, -0.1) is 0 Å². The number of alkyl carbamates (subject to hydrolysis) is 1. The van der Waals surface area contributed by atoms with Crippen LogP contribution in [-0.2, 0) is 33.9 Å². The lowest BCUT2D eigenvalue weighted by Gasteiger charge is -2.33. The Morgan fingerprint density at radius 1 is 1.02 bits per heavy atom. The molecule has 3 aliphatic carbocycles. The minimum Gasteiger partial charge on any atom is -0.457 e. The highest BCUT2D eigenvalue weighted by Crippen LogP contribution is 2.46. The number of amides is 4. The van der Waals surface area contributed by atoms with Crippen LogP contribution in [0.1, 0.15) is 82.5 Å². The Balaban J connectivity index is 1.19. The summed E-state index contributed by atoms with van der Waals surface area (Å²) in [6.45, 7) is 5.75. The third kappa shape index (κ3) is 8.51. The third-order valence-electron chi connectivity index (χ3n) is 10.4. The van der Waals surface area contributed by atoms with Crippen LogP contribution in [0, 0.1) is 5.92 Å². The monoisotopic (exact) mass is 765 g/mol. The Morgan fingerprint density at radius 3 is 2.46 bits per heavy atom. The van der Waals surface area contributed by atoms with Gasteiger partial charge >= 0.3 is 12.1 Å². The van der Waals surface area contributed by atoms with Gasteiger partial charge in [-0.2, -0.15) is 0 Å². The molecule has 5 aliphatic rings. The Hall–Kier alpha value is -4.64. The average Bonchev–Trinajstić information content (AvgIpc) is 3.99. The predicted octanol–water partition coefficient (Wildman–Crippen LogP) is 1.95. The molecule has 3 heterocycles. The van der Waals surface area contributed by atoms with Crippen LogP contribution in [0.5, 0.6) is 0 Å². The topological polar surface area (TPSA) is 206 Å². The van der Waals surface area contributed by atoms with E-state index in [4.69, 9.17) is 9.47 Å². The second-order valence-electron chi connectivity index (χ2n) is 16.0. The van der Waals surface area contributed by atoms with Gasteiger partial charge in [0.15, 0.2) is 0 Å². The van der Waals surface area contributed by atoms with Gasteiger partial charge in [-0.1, -0.05) is 12.2 Å². The van der Waals surface area contributed by atoms with Gasteiger partial charge < -0.3 is 25.0 Å². The summed E-state index contributed by atoms with van der Waals surface area (Å²) < 4.78 is 39.3. The Kier molecular flexibility index (Phi) is 10.1. The zero-order chi connectivity index (χ0) is 38.4. The maximum absolute atomic E-state index is 14.6. The average molecular weight is 766 g/mol. The van der Waals surface area contributed by atoms with E-state index in [2.05, 4.69) is 30.2 Å². The molecule has 4 fully saturated rings. The van der Waals surface area contributed by atoms with Crippen molar-refractivity contribution in [3.63, 3.8) is 0 Å². The number of nitrogens with one attached hydrogen (secondary N) is 3. The Morgan fingerprint density at radius 2 is 1.76 bits per heavy atom. The van der Waals surface area contributed by atoms with Crippen molar-refractivity contribution in [2.45, 2.75) is 113 Å². The summed E-state index contributed by atoms with van der Waals surface area (Å²) in [4.78, 5) is 81.2. The molecule has 0 radical (unpaired) electrons. The second kappa shape index (κ2) is 14.5. The summed E-state index contributed by atoms with van der Waals surface area (Å²) in [5.74, 6) is -3.29. The van der Waals surface area contributed by atoms with E-state index >= 15 is 0 Å². The molecule has 54 heavy (non-hydrogen) atoms. The van der Waals surface area contributed by atoms with Crippen molar-refractivity contribution in [1.82, 2.24) is 35.1 Å². The quantitative estimate of drug-likeness (QED) is 0.273. The van der Waals surface area contributed by atoms with Gasteiger partial charge in [-0.3, -0.25) is 34.0 Å². The molecule has 2 aliphatic heterocycles. The maximum Gasteiger partial charge on any atom is 0.408 e. The molecule has 0 bridgehead atoms. The number of hydrogen-bond acceptors (Lipinski definition) is 12. The molecule has 17 heteroatoms. The third-order valence-corrected chi connectivity index (χ3v) is 12.3. The normalized spacial score (nSPS) is 28.2. The smallest absolute Gasteiger partial charge is 0.408 e. The first-order chi connectivity index (χ1) is 25.6. The Bertz CT molecular complexity index is 1980. The lowest BCUT2D eigenvalue weighted by Crippen LogP contribution is -2.60. The second-order valence-corrected chi connectivity index (χ2v) is 17.9. The summed E-state index contributed by atoms with van der Waals surface area (Å²) in [7, 11) is -3.92. The van der Waals surface area contributed by atoms with Crippen molar-refractivity contribution in [3.05, 3.63) is 48.3 Å². The molecular weight excluding hydrogens is 719 g/mol. The number of carbonyl (C=O) groups excluding carboxylic acids is 5. The first-order valence-electron chi connectivity index (χ1n) is 18.6. The largest absolute Gasteiger partial charge is 0.457 e. The molecule has 1 aromatic heterocycles. The molecule has 5 atom stereocenters. The molecule has 1 aromatic carbocycles. The first-order valence-corrected chi connectivity index (χ1v) is 20.2. The van der Waals surface area contributed by atoms with Crippen LogP contribution in [-0.4, -0.2) is 118 Å². The number of rotatable bonds is 7. The number of allylic oxidation sites excluding steroid dienone is 1. The van der Waals surface area contributed by atoms with Crippen LogP contribution >= 0.6 is 0 Å². The highest BCUT2D eigenvalue weighted by Gasteiger charge is 2.62. The Labute approximate surface area is 313 Å². The van der Waals surface area contributed by atoms with Gasteiger partial charge in [0.1, 0.15) is 29.3 Å². The fraction of sp³-hybridized carbons (Fsp3) is 0.595. The summed E-state index contributed by atoms with van der Waals surface area (Å²) in [5, 5.41) is 4.92. The van der Waals surface area contributed by atoms with Gasteiger partial charge in [0, 0.05) is 37.3 Å². The van der Waals surface area contributed by atoms with Gasteiger partial charge in [0.2, 0.25) is 21.8 Å². The number of ether oxygens (including phenoxy) is 2. The van der Waals surface area contributed by atoms with Crippen LogP contribution in [0.2, 0.25) is 0 Å². The standard InChI is InChI=1S/C37H47N7O9S/c1-36(2,3)53-35(49)40-29-21-43(24-9-10-24)16-6-4-5-7-23-19-37(23,34(48)42-54(50,51)26-11-12-26)41-31(45)30-18-25(20-44(30)32(29)46)52-33(47)22-8-13-27-28(17-22)39-15-14-38-27/h5,7-8,13-15,17,23-26,29-30H,4,6,9-12,16,18-21H2,1-3H3,(H,40,49)(H,41,45)(H,42,48)/t23-,25-,29+,30+,37-/m1/s1. The number of nitrogens with zero attached hydrogens (tertiary/aromatic N) is 4. The van der Waals surface area contributed by atoms with E-state index in [1.54, 1.807) is 39.0 Å². The van der Waals surface area contributed by atoms with Crippen LogP contribution in [0.3, 0.4) is 0 Å². The lowest BCUT2D eigenvalue weighted by molar-refractivity contribution is -0.141. The van der Waals surface area contributed by atoms with E-state index in [1.807, 2.05) is 12.2 Å². The fourth-order valence-corrected chi connectivity index (χ4v) is 8.62. The van der Waals surface area contributed by atoms with Gasteiger partial charge in [0.05, 0.1) is 28.4 Å². The zero-order valence-electron chi connectivity index (χ0n) is 30.7. The molecule has 2 aromatic rings. The predicted molar refractivity (Wildman–Crippen MR) is 194 cm³/mol. The van der Waals surface area contributed by atoms with E-state index in [-0.39, 0.29) is 37.5 Å². The molecular formula is C37H47N7O9S. The highest BCUT2D eigenvalue weighted by molar-refractivity contribution is 7.91. The van der Waals surface area contributed by atoms with Crippen LogP contribution < -0.4 is 15.4 Å².